The Morgan fingerprint density at radius 3 is 2.89 bits per heavy atom. The van der Waals surface area contributed by atoms with Gasteiger partial charge in [-0.25, -0.2) is 9.37 Å². The first-order valence-corrected chi connectivity index (χ1v) is 9.54. The van der Waals surface area contributed by atoms with E-state index in [2.05, 4.69) is 10.3 Å². The van der Waals surface area contributed by atoms with E-state index < -0.39 is 5.82 Å². The molecule has 134 valence electrons. The largest absolute Gasteiger partial charge is 0.306 e. The van der Waals surface area contributed by atoms with Gasteiger partial charge in [-0.15, -0.1) is 0 Å². The molecule has 27 heavy (non-hydrogen) atoms. The Kier molecular flexibility index (Phi) is 3.75. The van der Waals surface area contributed by atoms with E-state index in [0.717, 1.165) is 40.7 Å². The average Bonchev–Trinajstić information content (AvgIpc) is 3.36. The van der Waals surface area contributed by atoms with Gasteiger partial charge in [-0.3, -0.25) is 4.79 Å². The number of hydrogen-bond donors (Lipinski definition) is 1. The number of fused-ring (bicyclic) bond motifs is 2. The zero-order valence-electron chi connectivity index (χ0n) is 14.3. The van der Waals surface area contributed by atoms with Gasteiger partial charge in [0.25, 0.3) is 5.91 Å². The predicted octanol–water partition coefficient (Wildman–Crippen LogP) is 4.36. The van der Waals surface area contributed by atoms with Crippen molar-refractivity contribution in [2.45, 2.75) is 19.3 Å². The summed E-state index contributed by atoms with van der Waals surface area (Å²) in [5.41, 5.74) is 3.21. The highest BCUT2D eigenvalue weighted by Gasteiger charge is 2.26. The van der Waals surface area contributed by atoms with Crippen LogP contribution in [-0.2, 0) is 12.8 Å². The van der Waals surface area contributed by atoms with Crippen LogP contribution >= 0.6 is 11.3 Å². The number of amides is 1. The third-order valence-electron chi connectivity index (χ3n) is 4.69. The molecule has 1 aliphatic rings. The van der Waals surface area contributed by atoms with Crippen molar-refractivity contribution in [2.24, 2.45) is 0 Å². The summed E-state index contributed by atoms with van der Waals surface area (Å²) in [6.07, 6.45) is 2.76. The standard InChI is InChI=1S/C20H15FN4OS/c21-13-6-3-5-12(11-13)19(26)23-18-14-7-4-9-15(14)24-25(18)20-22-16-8-1-2-10-17(16)27-20/h1-3,5-6,8,10-11H,4,7,9H2,(H,23,26). The number of aryl methyl sites for hydroxylation is 1. The summed E-state index contributed by atoms with van der Waals surface area (Å²) < 4.78 is 16.3. The molecule has 0 bridgehead atoms. The molecule has 5 nitrogen and oxygen atoms in total. The molecule has 5 rings (SSSR count). The zero-order valence-corrected chi connectivity index (χ0v) is 15.1. The normalized spacial score (nSPS) is 13.1. The molecule has 0 aliphatic heterocycles. The van der Waals surface area contributed by atoms with Crippen molar-refractivity contribution in [3.8, 4) is 5.13 Å². The number of halogens is 1. The molecular weight excluding hydrogens is 363 g/mol. The number of thiazole rings is 1. The molecule has 2 heterocycles. The number of carbonyl (C=O) groups is 1. The van der Waals surface area contributed by atoms with E-state index in [0.29, 0.717) is 10.9 Å². The van der Waals surface area contributed by atoms with Gasteiger partial charge in [0.2, 0.25) is 5.13 Å². The van der Waals surface area contributed by atoms with Gasteiger partial charge in [0.15, 0.2) is 0 Å². The van der Waals surface area contributed by atoms with Crippen molar-refractivity contribution in [1.82, 2.24) is 14.8 Å². The first-order chi connectivity index (χ1) is 13.2. The number of nitrogens with zero attached hydrogens (tertiary/aromatic N) is 3. The van der Waals surface area contributed by atoms with E-state index in [-0.39, 0.29) is 11.5 Å². The van der Waals surface area contributed by atoms with Crippen LogP contribution in [0.1, 0.15) is 28.0 Å². The fourth-order valence-electron chi connectivity index (χ4n) is 3.42. The van der Waals surface area contributed by atoms with Gasteiger partial charge in [-0.05, 0) is 49.6 Å². The second-order valence-electron chi connectivity index (χ2n) is 6.47. The minimum absolute atomic E-state index is 0.277. The van der Waals surface area contributed by atoms with E-state index >= 15 is 0 Å². The van der Waals surface area contributed by atoms with Gasteiger partial charge in [0.05, 0.1) is 15.9 Å². The van der Waals surface area contributed by atoms with Crippen molar-refractivity contribution in [3.05, 3.63) is 71.2 Å². The molecule has 1 N–H and O–H groups in total. The SMILES string of the molecule is O=C(Nc1c2c(nn1-c1nc3ccccc3s1)CCC2)c1cccc(F)c1. The monoisotopic (exact) mass is 378 g/mol. The molecule has 1 aliphatic carbocycles. The van der Waals surface area contributed by atoms with Gasteiger partial charge < -0.3 is 5.32 Å². The third kappa shape index (κ3) is 2.80. The van der Waals surface area contributed by atoms with E-state index in [9.17, 15) is 9.18 Å². The van der Waals surface area contributed by atoms with Crippen molar-refractivity contribution >= 4 is 33.3 Å². The summed E-state index contributed by atoms with van der Waals surface area (Å²) in [7, 11) is 0. The van der Waals surface area contributed by atoms with E-state index in [1.54, 1.807) is 10.7 Å². The van der Waals surface area contributed by atoms with Crippen LogP contribution in [0.25, 0.3) is 15.3 Å². The van der Waals surface area contributed by atoms with Crippen LogP contribution < -0.4 is 5.32 Å². The number of nitrogens with one attached hydrogen (secondary N) is 1. The van der Waals surface area contributed by atoms with Crippen molar-refractivity contribution < 1.29 is 9.18 Å². The van der Waals surface area contributed by atoms with Crippen LogP contribution in [0.3, 0.4) is 0 Å². The molecular formula is C20H15FN4OS. The third-order valence-corrected chi connectivity index (χ3v) is 5.70. The molecule has 4 aromatic rings. The number of carbonyl (C=O) groups excluding carboxylic acids is 1. The van der Waals surface area contributed by atoms with Gasteiger partial charge in [0, 0.05) is 11.1 Å². The molecule has 2 aromatic heterocycles. The van der Waals surface area contributed by atoms with E-state index in [4.69, 9.17) is 5.10 Å². The van der Waals surface area contributed by atoms with Crippen LogP contribution in [0.5, 0.6) is 0 Å². The molecule has 0 fully saturated rings. The fraction of sp³-hybridized carbons (Fsp3) is 0.150. The van der Waals surface area contributed by atoms with Crippen LogP contribution in [0.4, 0.5) is 10.2 Å². The summed E-state index contributed by atoms with van der Waals surface area (Å²) >= 11 is 1.52. The second kappa shape index (κ2) is 6.28. The minimum Gasteiger partial charge on any atom is -0.306 e. The Morgan fingerprint density at radius 1 is 1.15 bits per heavy atom. The molecule has 1 amide bonds. The van der Waals surface area contributed by atoms with Gasteiger partial charge in [-0.1, -0.05) is 29.5 Å². The lowest BCUT2D eigenvalue weighted by molar-refractivity contribution is 0.102. The zero-order chi connectivity index (χ0) is 18.4. The maximum atomic E-state index is 13.5. The number of aromatic nitrogens is 3. The lowest BCUT2D eigenvalue weighted by atomic mass is 10.2. The Bertz CT molecular complexity index is 1150. The maximum Gasteiger partial charge on any atom is 0.256 e. The number of para-hydroxylation sites is 1. The lowest BCUT2D eigenvalue weighted by Gasteiger charge is -2.09. The summed E-state index contributed by atoms with van der Waals surface area (Å²) in [6.45, 7) is 0. The Hall–Kier alpha value is -3.06. The predicted molar refractivity (Wildman–Crippen MR) is 103 cm³/mol. The van der Waals surface area contributed by atoms with Crippen molar-refractivity contribution in [3.63, 3.8) is 0 Å². The summed E-state index contributed by atoms with van der Waals surface area (Å²) in [5, 5.41) is 8.34. The molecule has 0 saturated carbocycles. The number of anilines is 1. The van der Waals surface area contributed by atoms with Gasteiger partial charge >= 0.3 is 0 Å². The quantitative estimate of drug-likeness (QED) is 0.576. The van der Waals surface area contributed by atoms with Crippen LogP contribution in [-0.4, -0.2) is 20.7 Å². The number of benzene rings is 2. The molecule has 0 unspecified atom stereocenters. The number of hydrogen-bond acceptors (Lipinski definition) is 4. The summed E-state index contributed by atoms with van der Waals surface area (Å²) in [4.78, 5) is 17.3. The highest BCUT2D eigenvalue weighted by Crippen LogP contribution is 2.33. The van der Waals surface area contributed by atoms with Gasteiger partial charge in [-0.2, -0.15) is 9.78 Å². The van der Waals surface area contributed by atoms with Crippen LogP contribution in [0, 0.1) is 5.82 Å². The topological polar surface area (TPSA) is 59.8 Å². The molecule has 2 aromatic carbocycles. The lowest BCUT2D eigenvalue weighted by Crippen LogP contribution is -2.16. The molecule has 7 heteroatoms. The highest BCUT2D eigenvalue weighted by atomic mass is 32.1. The molecule has 0 atom stereocenters. The average molecular weight is 378 g/mol. The van der Waals surface area contributed by atoms with Gasteiger partial charge in [0.1, 0.15) is 11.6 Å². The summed E-state index contributed by atoms with van der Waals surface area (Å²) in [5.74, 6) is -0.158. The number of rotatable bonds is 3. The fourth-order valence-corrected chi connectivity index (χ4v) is 4.34. The smallest absolute Gasteiger partial charge is 0.256 e. The van der Waals surface area contributed by atoms with E-state index in [1.165, 1.54) is 29.5 Å². The van der Waals surface area contributed by atoms with E-state index in [1.807, 2.05) is 24.3 Å². The molecule has 0 spiro atoms. The molecule has 0 saturated heterocycles. The minimum atomic E-state index is -0.437. The summed E-state index contributed by atoms with van der Waals surface area (Å²) in [6, 6.07) is 13.6. The van der Waals surface area contributed by atoms with Crippen LogP contribution in [0.15, 0.2) is 48.5 Å². The first kappa shape index (κ1) is 16.1. The maximum absolute atomic E-state index is 13.5. The Morgan fingerprint density at radius 2 is 2.04 bits per heavy atom. The van der Waals surface area contributed by atoms with Crippen LogP contribution in [0.2, 0.25) is 0 Å². The second-order valence-corrected chi connectivity index (χ2v) is 7.48. The first-order valence-electron chi connectivity index (χ1n) is 8.73. The Balaban J connectivity index is 1.58. The molecule has 0 radical (unpaired) electrons. The van der Waals surface area contributed by atoms with Crippen molar-refractivity contribution in [2.75, 3.05) is 5.32 Å². The van der Waals surface area contributed by atoms with Crippen molar-refractivity contribution in [1.29, 1.82) is 0 Å². The Labute approximate surface area is 158 Å². The highest BCUT2D eigenvalue weighted by molar-refractivity contribution is 7.20.